The highest BCUT2D eigenvalue weighted by Crippen LogP contribution is 2.17. The van der Waals surface area contributed by atoms with Crippen LogP contribution in [0.25, 0.3) is 10.8 Å². The number of carbonyl (C=O) groups is 1. The number of anilines is 1. The minimum Gasteiger partial charge on any atom is -0.326 e. The van der Waals surface area contributed by atoms with Crippen molar-refractivity contribution < 1.29 is 4.79 Å². The smallest absolute Gasteiger partial charge is 0.275 e. The predicted molar refractivity (Wildman–Crippen MR) is 84.5 cm³/mol. The van der Waals surface area contributed by atoms with E-state index in [2.05, 4.69) is 31.2 Å². The third-order valence-electron chi connectivity index (χ3n) is 3.00. The Labute approximate surface area is 128 Å². The van der Waals surface area contributed by atoms with Crippen molar-refractivity contribution in [1.29, 1.82) is 0 Å². The van der Waals surface area contributed by atoms with Gasteiger partial charge in [0.05, 0.1) is 0 Å². The van der Waals surface area contributed by atoms with Gasteiger partial charge in [-0.15, -0.1) is 0 Å². The number of amides is 1. The molecule has 3 aromatic rings. The highest BCUT2D eigenvalue weighted by atomic mass is 79.9. The van der Waals surface area contributed by atoms with Crippen LogP contribution in [0.2, 0.25) is 0 Å². The molecular formula is C15H10BrN3O2. The SMILES string of the molecule is O=C(Nc1cc(Br)c[nH]c1=O)c1nccc2ccccc12. The Hall–Kier alpha value is -2.47. The molecule has 2 heterocycles. The van der Waals surface area contributed by atoms with Gasteiger partial charge in [-0.05, 0) is 33.4 Å². The highest BCUT2D eigenvalue weighted by molar-refractivity contribution is 9.10. The lowest BCUT2D eigenvalue weighted by Gasteiger charge is -2.06. The fourth-order valence-corrected chi connectivity index (χ4v) is 2.38. The first-order chi connectivity index (χ1) is 10.1. The van der Waals surface area contributed by atoms with Crippen molar-refractivity contribution in [3.05, 3.63) is 69.3 Å². The molecule has 0 spiro atoms. The molecule has 0 aliphatic carbocycles. The first-order valence-electron chi connectivity index (χ1n) is 6.18. The summed E-state index contributed by atoms with van der Waals surface area (Å²) in [6.07, 6.45) is 3.08. The van der Waals surface area contributed by atoms with Gasteiger partial charge in [0.2, 0.25) is 0 Å². The molecule has 0 fully saturated rings. The maximum absolute atomic E-state index is 12.3. The van der Waals surface area contributed by atoms with Gasteiger partial charge < -0.3 is 10.3 Å². The van der Waals surface area contributed by atoms with E-state index in [1.54, 1.807) is 12.3 Å². The van der Waals surface area contributed by atoms with Gasteiger partial charge in [-0.1, -0.05) is 24.3 Å². The summed E-state index contributed by atoms with van der Waals surface area (Å²) in [6.45, 7) is 0. The van der Waals surface area contributed by atoms with E-state index >= 15 is 0 Å². The Kier molecular flexibility index (Phi) is 3.53. The zero-order valence-corrected chi connectivity index (χ0v) is 12.3. The van der Waals surface area contributed by atoms with E-state index in [1.807, 2.05) is 30.3 Å². The summed E-state index contributed by atoms with van der Waals surface area (Å²) in [6, 6.07) is 10.8. The quantitative estimate of drug-likeness (QED) is 0.751. The van der Waals surface area contributed by atoms with E-state index in [4.69, 9.17) is 0 Å². The van der Waals surface area contributed by atoms with E-state index in [-0.39, 0.29) is 16.9 Å². The van der Waals surface area contributed by atoms with Gasteiger partial charge in [0.15, 0.2) is 0 Å². The number of nitrogens with zero attached hydrogens (tertiary/aromatic N) is 1. The van der Waals surface area contributed by atoms with E-state index in [0.717, 1.165) is 10.8 Å². The Bertz CT molecular complexity index is 884. The van der Waals surface area contributed by atoms with Crippen molar-refractivity contribution in [3.63, 3.8) is 0 Å². The number of hydrogen-bond acceptors (Lipinski definition) is 3. The summed E-state index contributed by atoms with van der Waals surface area (Å²) in [7, 11) is 0. The maximum atomic E-state index is 12.3. The second-order valence-electron chi connectivity index (χ2n) is 4.40. The van der Waals surface area contributed by atoms with Gasteiger partial charge in [-0.3, -0.25) is 14.6 Å². The molecule has 0 unspecified atom stereocenters. The molecule has 0 aliphatic heterocycles. The lowest BCUT2D eigenvalue weighted by molar-refractivity contribution is 0.102. The summed E-state index contributed by atoms with van der Waals surface area (Å²) in [5.74, 6) is -0.421. The summed E-state index contributed by atoms with van der Waals surface area (Å²) in [4.78, 5) is 30.7. The Morgan fingerprint density at radius 2 is 2.05 bits per heavy atom. The third kappa shape index (κ3) is 2.71. The molecule has 0 atom stereocenters. The number of aromatic nitrogens is 2. The molecule has 104 valence electrons. The van der Waals surface area contributed by atoms with Crippen LogP contribution in [0, 0.1) is 0 Å². The normalized spacial score (nSPS) is 10.5. The van der Waals surface area contributed by atoms with Gasteiger partial charge >= 0.3 is 0 Å². The van der Waals surface area contributed by atoms with Crippen molar-refractivity contribution in [1.82, 2.24) is 9.97 Å². The number of nitrogens with one attached hydrogen (secondary N) is 2. The lowest BCUT2D eigenvalue weighted by Crippen LogP contribution is -2.20. The predicted octanol–water partition coefficient (Wildman–Crippen LogP) is 2.94. The Morgan fingerprint density at radius 3 is 2.90 bits per heavy atom. The molecule has 1 aromatic carbocycles. The zero-order valence-electron chi connectivity index (χ0n) is 10.8. The second kappa shape index (κ2) is 5.49. The fourth-order valence-electron chi connectivity index (χ4n) is 2.03. The summed E-state index contributed by atoms with van der Waals surface area (Å²) in [5, 5.41) is 4.24. The van der Waals surface area contributed by atoms with Crippen LogP contribution in [0.3, 0.4) is 0 Å². The molecule has 0 radical (unpaired) electrons. The van der Waals surface area contributed by atoms with E-state index in [1.165, 1.54) is 6.20 Å². The number of aromatic amines is 1. The van der Waals surface area contributed by atoms with Crippen molar-refractivity contribution in [2.24, 2.45) is 0 Å². The first kappa shape index (κ1) is 13.5. The second-order valence-corrected chi connectivity index (χ2v) is 5.31. The van der Waals surface area contributed by atoms with Gasteiger partial charge in [0.1, 0.15) is 11.4 Å². The molecular weight excluding hydrogens is 334 g/mol. The number of hydrogen-bond donors (Lipinski definition) is 2. The zero-order chi connectivity index (χ0) is 14.8. The van der Waals surface area contributed by atoms with Crippen molar-refractivity contribution in [2.75, 3.05) is 5.32 Å². The average Bonchev–Trinajstić information content (AvgIpc) is 2.50. The topological polar surface area (TPSA) is 74.8 Å². The number of fused-ring (bicyclic) bond motifs is 1. The van der Waals surface area contributed by atoms with Crippen LogP contribution >= 0.6 is 15.9 Å². The Morgan fingerprint density at radius 1 is 1.24 bits per heavy atom. The van der Waals surface area contributed by atoms with Crippen LogP contribution in [-0.4, -0.2) is 15.9 Å². The number of pyridine rings is 2. The fraction of sp³-hybridized carbons (Fsp3) is 0. The third-order valence-corrected chi connectivity index (χ3v) is 3.46. The molecule has 1 amide bonds. The van der Waals surface area contributed by atoms with Gasteiger partial charge in [-0.25, -0.2) is 0 Å². The van der Waals surface area contributed by atoms with Crippen molar-refractivity contribution in [3.8, 4) is 0 Å². The Balaban J connectivity index is 2.01. The molecule has 21 heavy (non-hydrogen) atoms. The van der Waals surface area contributed by atoms with E-state index in [9.17, 15) is 9.59 Å². The number of H-pyrrole nitrogens is 1. The highest BCUT2D eigenvalue weighted by Gasteiger charge is 2.13. The molecule has 2 aromatic heterocycles. The van der Waals surface area contributed by atoms with E-state index in [0.29, 0.717) is 4.47 Å². The van der Waals surface area contributed by atoms with Gasteiger partial charge in [0.25, 0.3) is 11.5 Å². The largest absolute Gasteiger partial charge is 0.326 e. The maximum Gasteiger partial charge on any atom is 0.275 e. The monoisotopic (exact) mass is 343 g/mol. The van der Waals surface area contributed by atoms with Crippen LogP contribution in [0.15, 0.2) is 58.1 Å². The summed E-state index contributed by atoms with van der Waals surface area (Å²) >= 11 is 3.25. The summed E-state index contributed by atoms with van der Waals surface area (Å²) < 4.78 is 0.670. The molecule has 2 N–H and O–H groups in total. The molecule has 6 heteroatoms. The molecule has 0 bridgehead atoms. The molecule has 3 rings (SSSR count). The van der Waals surface area contributed by atoms with Crippen LogP contribution in [-0.2, 0) is 0 Å². The molecule has 0 saturated heterocycles. The first-order valence-corrected chi connectivity index (χ1v) is 6.98. The lowest BCUT2D eigenvalue weighted by atomic mass is 10.1. The molecule has 0 saturated carbocycles. The minimum absolute atomic E-state index is 0.170. The van der Waals surface area contributed by atoms with Crippen molar-refractivity contribution >= 4 is 38.3 Å². The van der Waals surface area contributed by atoms with Crippen LogP contribution < -0.4 is 10.9 Å². The van der Waals surface area contributed by atoms with Gasteiger partial charge in [0, 0.05) is 22.3 Å². The standard InChI is InChI=1S/C15H10BrN3O2/c16-10-7-12(14(20)18-8-10)19-15(21)13-11-4-2-1-3-9(11)5-6-17-13/h1-8H,(H,18,20)(H,19,21). The number of halogens is 1. The number of carbonyl (C=O) groups excluding carboxylic acids is 1. The van der Waals surface area contributed by atoms with Crippen LogP contribution in [0.1, 0.15) is 10.5 Å². The minimum atomic E-state index is -0.421. The van der Waals surface area contributed by atoms with Crippen LogP contribution in [0.5, 0.6) is 0 Å². The number of benzene rings is 1. The van der Waals surface area contributed by atoms with Crippen molar-refractivity contribution in [2.45, 2.75) is 0 Å². The van der Waals surface area contributed by atoms with Gasteiger partial charge in [-0.2, -0.15) is 0 Å². The van der Waals surface area contributed by atoms with E-state index < -0.39 is 5.91 Å². The average molecular weight is 344 g/mol. The molecule has 5 nitrogen and oxygen atoms in total. The molecule has 0 aliphatic rings. The van der Waals surface area contributed by atoms with Crippen LogP contribution in [0.4, 0.5) is 5.69 Å². The summed E-state index contributed by atoms with van der Waals surface area (Å²) in [5.41, 5.74) is 0.0865. The number of rotatable bonds is 2.